The van der Waals surface area contributed by atoms with Crippen molar-refractivity contribution in [2.45, 2.75) is 19.3 Å². The molecule has 1 amide bonds. The van der Waals surface area contributed by atoms with Crippen LogP contribution in [0.15, 0.2) is 0 Å². The average molecular weight is 254 g/mol. The van der Waals surface area contributed by atoms with Gasteiger partial charge in [-0.2, -0.15) is 11.8 Å². The number of nitrogens with one attached hydrogen (secondary N) is 1. The first-order valence-electron chi connectivity index (χ1n) is 6.89. The van der Waals surface area contributed by atoms with Crippen LogP contribution in [-0.4, -0.2) is 48.5 Å². The van der Waals surface area contributed by atoms with Gasteiger partial charge in [0.1, 0.15) is 0 Å². The SMILES string of the molecule is O=C(CC1CCSCC1)N1C[C@H]2CNC[C@H]2C1. The molecule has 0 bridgehead atoms. The highest BCUT2D eigenvalue weighted by molar-refractivity contribution is 7.99. The maximum Gasteiger partial charge on any atom is 0.222 e. The second kappa shape index (κ2) is 5.19. The topological polar surface area (TPSA) is 32.3 Å². The van der Waals surface area contributed by atoms with Crippen LogP contribution in [0.3, 0.4) is 0 Å². The lowest BCUT2D eigenvalue weighted by atomic mass is 9.98. The highest BCUT2D eigenvalue weighted by Crippen LogP contribution is 2.29. The monoisotopic (exact) mass is 254 g/mol. The van der Waals surface area contributed by atoms with E-state index in [1.54, 1.807) is 0 Å². The molecule has 3 rings (SSSR count). The Hall–Kier alpha value is -0.220. The van der Waals surface area contributed by atoms with Crippen LogP contribution in [0, 0.1) is 17.8 Å². The van der Waals surface area contributed by atoms with E-state index in [1.165, 1.54) is 24.3 Å². The summed E-state index contributed by atoms with van der Waals surface area (Å²) in [6.45, 7) is 4.26. The molecule has 96 valence electrons. The van der Waals surface area contributed by atoms with E-state index in [0.717, 1.165) is 44.4 Å². The summed E-state index contributed by atoms with van der Waals surface area (Å²) in [4.78, 5) is 14.4. The van der Waals surface area contributed by atoms with Gasteiger partial charge in [-0.15, -0.1) is 0 Å². The molecule has 0 saturated carbocycles. The minimum absolute atomic E-state index is 0.427. The maximum absolute atomic E-state index is 12.2. The van der Waals surface area contributed by atoms with Crippen molar-refractivity contribution in [3.05, 3.63) is 0 Å². The fourth-order valence-corrected chi connectivity index (χ4v) is 4.59. The molecule has 3 saturated heterocycles. The van der Waals surface area contributed by atoms with Crippen molar-refractivity contribution in [1.29, 1.82) is 0 Å². The number of rotatable bonds is 2. The third-order valence-corrected chi connectivity index (χ3v) is 5.60. The zero-order valence-corrected chi connectivity index (χ0v) is 11.2. The Bertz CT molecular complexity index is 279. The Kier molecular flexibility index (Phi) is 3.61. The number of amides is 1. The van der Waals surface area contributed by atoms with Crippen LogP contribution in [-0.2, 0) is 4.79 Å². The molecule has 3 heterocycles. The van der Waals surface area contributed by atoms with E-state index >= 15 is 0 Å². The lowest BCUT2D eigenvalue weighted by Crippen LogP contribution is -2.33. The van der Waals surface area contributed by atoms with Gasteiger partial charge in [-0.25, -0.2) is 0 Å². The normalized spacial score (nSPS) is 34.0. The summed E-state index contributed by atoms with van der Waals surface area (Å²) in [6.07, 6.45) is 3.31. The van der Waals surface area contributed by atoms with E-state index in [4.69, 9.17) is 0 Å². The zero-order valence-electron chi connectivity index (χ0n) is 10.4. The molecule has 0 radical (unpaired) electrons. The Morgan fingerprint density at radius 3 is 2.47 bits per heavy atom. The second-order valence-corrected chi connectivity index (χ2v) is 6.96. The average Bonchev–Trinajstić information content (AvgIpc) is 2.90. The van der Waals surface area contributed by atoms with Crippen LogP contribution in [0.2, 0.25) is 0 Å². The van der Waals surface area contributed by atoms with Gasteiger partial charge < -0.3 is 10.2 Å². The fraction of sp³-hybridized carbons (Fsp3) is 0.923. The lowest BCUT2D eigenvalue weighted by molar-refractivity contribution is -0.131. The van der Waals surface area contributed by atoms with Crippen LogP contribution in [0.5, 0.6) is 0 Å². The lowest BCUT2D eigenvalue weighted by Gasteiger charge is -2.24. The summed E-state index contributed by atoms with van der Waals surface area (Å²) in [6, 6.07) is 0. The van der Waals surface area contributed by atoms with E-state index < -0.39 is 0 Å². The summed E-state index contributed by atoms with van der Waals surface area (Å²) in [5.74, 6) is 5.08. The molecule has 0 spiro atoms. The van der Waals surface area contributed by atoms with E-state index in [9.17, 15) is 4.79 Å². The first kappa shape index (κ1) is 11.8. The molecule has 0 unspecified atom stereocenters. The predicted molar refractivity (Wildman–Crippen MR) is 71.1 cm³/mol. The molecule has 0 aromatic heterocycles. The molecule has 3 fully saturated rings. The van der Waals surface area contributed by atoms with Crippen LogP contribution in [0.25, 0.3) is 0 Å². The van der Waals surface area contributed by atoms with Crippen molar-refractivity contribution >= 4 is 17.7 Å². The van der Waals surface area contributed by atoms with Crippen LogP contribution >= 0.6 is 11.8 Å². The summed E-state index contributed by atoms with van der Waals surface area (Å²) in [5, 5.41) is 3.42. The van der Waals surface area contributed by atoms with Crippen molar-refractivity contribution in [2.75, 3.05) is 37.7 Å². The van der Waals surface area contributed by atoms with Gasteiger partial charge in [0.05, 0.1) is 0 Å². The highest BCUT2D eigenvalue weighted by atomic mass is 32.2. The number of hydrogen-bond acceptors (Lipinski definition) is 3. The summed E-state index contributed by atoms with van der Waals surface area (Å²) in [7, 11) is 0. The molecule has 4 heteroatoms. The van der Waals surface area contributed by atoms with Crippen molar-refractivity contribution in [1.82, 2.24) is 10.2 Å². The Morgan fingerprint density at radius 2 is 1.82 bits per heavy atom. The number of hydrogen-bond donors (Lipinski definition) is 1. The van der Waals surface area contributed by atoms with Crippen molar-refractivity contribution in [3.63, 3.8) is 0 Å². The minimum atomic E-state index is 0.427. The van der Waals surface area contributed by atoms with Gasteiger partial charge in [0.15, 0.2) is 0 Å². The molecular formula is C13H22N2OS. The number of carbonyl (C=O) groups is 1. The molecule has 3 aliphatic heterocycles. The maximum atomic E-state index is 12.2. The standard InChI is InChI=1S/C13H22N2OS/c16-13(5-10-1-3-17-4-2-10)15-8-11-6-14-7-12(11)9-15/h10-12,14H,1-9H2/t11-,12+. The molecule has 0 aliphatic carbocycles. The minimum Gasteiger partial charge on any atom is -0.342 e. The third-order valence-electron chi connectivity index (χ3n) is 4.55. The van der Waals surface area contributed by atoms with Gasteiger partial charge in [-0.1, -0.05) is 0 Å². The van der Waals surface area contributed by atoms with Crippen LogP contribution in [0.4, 0.5) is 0 Å². The van der Waals surface area contributed by atoms with Gasteiger partial charge in [0, 0.05) is 32.6 Å². The molecule has 0 aromatic carbocycles. The molecule has 3 aliphatic rings. The van der Waals surface area contributed by atoms with Crippen molar-refractivity contribution in [2.24, 2.45) is 17.8 Å². The van der Waals surface area contributed by atoms with Gasteiger partial charge in [0.25, 0.3) is 0 Å². The fourth-order valence-electron chi connectivity index (χ4n) is 3.39. The van der Waals surface area contributed by atoms with Gasteiger partial charge in [0.2, 0.25) is 5.91 Å². The van der Waals surface area contributed by atoms with E-state index in [1.807, 2.05) is 11.8 Å². The third kappa shape index (κ3) is 2.63. The van der Waals surface area contributed by atoms with Gasteiger partial charge in [-0.05, 0) is 42.1 Å². The number of thioether (sulfide) groups is 1. The molecule has 3 nitrogen and oxygen atoms in total. The predicted octanol–water partition coefficient (Wildman–Crippen LogP) is 1.20. The van der Waals surface area contributed by atoms with Gasteiger partial charge >= 0.3 is 0 Å². The number of nitrogens with zero attached hydrogens (tertiary/aromatic N) is 1. The molecule has 2 atom stereocenters. The Balaban J connectivity index is 1.49. The van der Waals surface area contributed by atoms with E-state index in [-0.39, 0.29) is 0 Å². The van der Waals surface area contributed by atoms with Crippen molar-refractivity contribution < 1.29 is 4.79 Å². The molecule has 0 aromatic rings. The summed E-state index contributed by atoms with van der Waals surface area (Å²) < 4.78 is 0. The van der Waals surface area contributed by atoms with Crippen molar-refractivity contribution in [3.8, 4) is 0 Å². The van der Waals surface area contributed by atoms with E-state index in [0.29, 0.717) is 11.8 Å². The molecule has 1 N–H and O–H groups in total. The Labute approximate surface area is 108 Å². The summed E-state index contributed by atoms with van der Waals surface area (Å²) >= 11 is 2.04. The summed E-state index contributed by atoms with van der Waals surface area (Å²) in [5.41, 5.74) is 0. The number of fused-ring (bicyclic) bond motifs is 1. The van der Waals surface area contributed by atoms with E-state index in [2.05, 4.69) is 10.2 Å². The number of carbonyl (C=O) groups excluding carboxylic acids is 1. The number of likely N-dealkylation sites (tertiary alicyclic amines) is 1. The first-order chi connectivity index (χ1) is 8.33. The quantitative estimate of drug-likeness (QED) is 0.803. The Morgan fingerprint density at radius 1 is 1.18 bits per heavy atom. The molecular weight excluding hydrogens is 232 g/mol. The molecule has 17 heavy (non-hydrogen) atoms. The highest BCUT2D eigenvalue weighted by Gasteiger charge is 2.38. The van der Waals surface area contributed by atoms with Gasteiger partial charge in [-0.3, -0.25) is 4.79 Å². The zero-order chi connectivity index (χ0) is 11.7. The first-order valence-corrected chi connectivity index (χ1v) is 8.04. The van der Waals surface area contributed by atoms with Crippen LogP contribution < -0.4 is 5.32 Å². The second-order valence-electron chi connectivity index (χ2n) is 5.74. The smallest absolute Gasteiger partial charge is 0.222 e. The largest absolute Gasteiger partial charge is 0.342 e. The van der Waals surface area contributed by atoms with Crippen LogP contribution in [0.1, 0.15) is 19.3 Å².